The largest absolute Gasteiger partial charge is 0.338 e. The van der Waals surface area contributed by atoms with Crippen molar-refractivity contribution < 1.29 is 14.0 Å². The second kappa shape index (κ2) is 12.8. The van der Waals surface area contributed by atoms with Crippen LogP contribution in [0, 0.1) is 29.1 Å². The van der Waals surface area contributed by atoms with Crippen molar-refractivity contribution in [1.29, 1.82) is 5.26 Å². The summed E-state index contributed by atoms with van der Waals surface area (Å²) in [6.45, 7) is 10.7. The third-order valence-electron chi connectivity index (χ3n) is 7.39. The number of benzene rings is 2. The van der Waals surface area contributed by atoms with Crippen molar-refractivity contribution in [2.75, 3.05) is 31.5 Å². The highest BCUT2D eigenvalue weighted by Crippen LogP contribution is 2.30. The van der Waals surface area contributed by atoms with Crippen molar-refractivity contribution >= 4 is 29.3 Å². The first-order valence-electron chi connectivity index (χ1n) is 13.9. The van der Waals surface area contributed by atoms with Gasteiger partial charge in [-0.2, -0.15) is 5.26 Å². The van der Waals surface area contributed by atoms with Crippen LogP contribution in [-0.4, -0.2) is 64.8 Å². The predicted molar refractivity (Wildman–Crippen MR) is 153 cm³/mol. The molecule has 4 rings (SSSR count). The fraction of sp³-hybridized carbons (Fsp3) is 0.467. The van der Waals surface area contributed by atoms with Gasteiger partial charge >= 0.3 is 6.03 Å². The number of hydrogen-bond acceptors (Lipinski definition) is 4. The quantitative estimate of drug-likeness (QED) is 0.245. The number of carbonyl (C=O) groups is 2. The molecule has 3 amide bonds. The first-order valence-corrected chi connectivity index (χ1v) is 13.9. The van der Waals surface area contributed by atoms with Crippen molar-refractivity contribution in [2.45, 2.75) is 53.1 Å². The molecule has 0 saturated carbocycles. The van der Waals surface area contributed by atoms with Gasteiger partial charge in [-0.05, 0) is 53.6 Å². The predicted octanol–water partition coefficient (Wildman–Crippen LogP) is 4.69. The van der Waals surface area contributed by atoms with Crippen LogP contribution < -0.4 is 10.6 Å². The molecule has 2 aliphatic rings. The van der Waals surface area contributed by atoms with Crippen LogP contribution in [0.15, 0.2) is 47.5 Å². The molecular formula is C30H38FN7O2. The van der Waals surface area contributed by atoms with Gasteiger partial charge in [0.1, 0.15) is 5.82 Å². The Hall–Kier alpha value is -4.13. The zero-order chi connectivity index (χ0) is 28.8. The molecule has 2 aromatic rings. The van der Waals surface area contributed by atoms with Gasteiger partial charge in [-0.3, -0.25) is 10.1 Å². The summed E-state index contributed by atoms with van der Waals surface area (Å²) in [6, 6.07) is 11.3. The lowest BCUT2D eigenvalue weighted by Crippen LogP contribution is -2.60. The molecule has 2 heterocycles. The number of halogens is 1. The zero-order valence-electron chi connectivity index (χ0n) is 23.7. The van der Waals surface area contributed by atoms with Crippen LogP contribution in [0.1, 0.15) is 45.2 Å². The van der Waals surface area contributed by atoms with E-state index in [1.807, 2.05) is 43.1 Å². The molecule has 40 heavy (non-hydrogen) atoms. The minimum absolute atomic E-state index is 0.102. The van der Waals surface area contributed by atoms with Crippen LogP contribution >= 0.6 is 0 Å². The molecule has 1 saturated heterocycles. The Morgan fingerprint density at radius 2 is 1.88 bits per heavy atom. The summed E-state index contributed by atoms with van der Waals surface area (Å²) in [5, 5.41) is 15.2. The van der Waals surface area contributed by atoms with E-state index in [1.54, 1.807) is 17.0 Å². The lowest BCUT2D eigenvalue weighted by molar-refractivity contribution is -0.132. The maximum atomic E-state index is 13.6. The van der Waals surface area contributed by atoms with E-state index in [4.69, 9.17) is 4.99 Å². The average Bonchev–Trinajstić information content (AvgIpc) is 2.92. The number of nitrogens with zero attached hydrogens (tertiary/aromatic N) is 5. The Morgan fingerprint density at radius 1 is 1.10 bits per heavy atom. The molecule has 212 valence electrons. The molecule has 10 heteroatoms. The second-order valence-electron chi connectivity index (χ2n) is 11.1. The normalized spacial score (nSPS) is 17.5. The number of hydrogen-bond donors (Lipinski definition) is 2. The van der Waals surface area contributed by atoms with Crippen LogP contribution in [0.4, 0.5) is 20.6 Å². The zero-order valence-corrected chi connectivity index (χ0v) is 23.7. The molecule has 2 N–H and O–H groups in total. The van der Waals surface area contributed by atoms with Gasteiger partial charge in [-0.1, -0.05) is 45.9 Å². The number of fused-ring (bicyclic) bond motifs is 1. The van der Waals surface area contributed by atoms with Crippen LogP contribution in [0.5, 0.6) is 0 Å². The molecular weight excluding hydrogens is 509 g/mol. The van der Waals surface area contributed by atoms with E-state index in [0.29, 0.717) is 63.1 Å². The lowest BCUT2D eigenvalue weighted by atomic mass is 9.97. The van der Waals surface area contributed by atoms with Crippen LogP contribution in [-0.2, 0) is 17.8 Å². The van der Waals surface area contributed by atoms with Crippen LogP contribution in [0.25, 0.3) is 0 Å². The standard InChI is InChI=1S/C30H38FN7O2/c1-20(2)15-28(39)36-12-11-25-22(17-36)7-5-10-26(25)35-29(33-19-32)38-14-13-37(18-27(38)21(3)4)30(40)34-24-9-6-8-23(31)16-24/h5-10,16,20-21,27H,11-15,17-18H2,1-4H3,(H,33,35)(H,34,40). The van der Waals surface area contributed by atoms with Gasteiger partial charge in [0.05, 0.1) is 11.7 Å². The minimum Gasteiger partial charge on any atom is -0.338 e. The highest BCUT2D eigenvalue weighted by atomic mass is 19.1. The van der Waals surface area contributed by atoms with Gasteiger partial charge < -0.3 is 20.0 Å². The average molecular weight is 548 g/mol. The van der Waals surface area contributed by atoms with E-state index >= 15 is 0 Å². The van der Waals surface area contributed by atoms with Crippen LogP contribution in [0.3, 0.4) is 0 Å². The first kappa shape index (κ1) is 28.9. The Balaban J connectivity index is 1.53. The highest BCUT2D eigenvalue weighted by Gasteiger charge is 2.34. The fourth-order valence-corrected chi connectivity index (χ4v) is 5.31. The fourth-order valence-electron chi connectivity index (χ4n) is 5.31. The number of nitrogens with one attached hydrogen (secondary N) is 2. The van der Waals surface area contributed by atoms with E-state index in [1.165, 1.54) is 12.1 Å². The number of nitriles is 1. The Bertz CT molecular complexity index is 1300. The van der Waals surface area contributed by atoms with E-state index in [9.17, 15) is 19.2 Å². The molecule has 1 unspecified atom stereocenters. The summed E-state index contributed by atoms with van der Waals surface area (Å²) >= 11 is 0. The Labute approximate surface area is 235 Å². The van der Waals surface area contributed by atoms with Gasteiger partial charge in [-0.25, -0.2) is 14.2 Å². The molecule has 9 nitrogen and oxygen atoms in total. The van der Waals surface area contributed by atoms with E-state index in [-0.39, 0.29) is 23.9 Å². The maximum Gasteiger partial charge on any atom is 0.321 e. The molecule has 1 fully saturated rings. The monoisotopic (exact) mass is 547 g/mol. The van der Waals surface area contributed by atoms with Gasteiger partial charge in [-0.15, -0.1) is 0 Å². The number of anilines is 1. The summed E-state index contributed by atoms with van der Waals surface area (Å²) in [5.41, 5.74) is 3.34. The van der Waals surface area contributed by atoms with E-state index < -0.39 is 5.82 Å². The molecule has 0 spiro atoms. The lowest BCUT2D eigenvalue weighted by Gasteiger charge is -2.44. The number of amides is 3. The molecule has 0 bridgehead atoms. The third-order valence-corrected chi connectivity index (χ3v) is 7.39. The Kier molecular flexibility index (Phi) is 9.25. The van der Waals surface area contributed by atoms with Crippen molar-refractivity contribution in [3.05, 3.63) is 59.4 Å². The third kappa shape index (κ3) is 6.89. The summed E-state index contributed by atoms with van der Waals surface area (Å²) in [6.07, 6.45) is 3.26. The van der Waals surface area contributed by atoms with Gasteiger partial charge in [0, 0.05) is 44.8 Å². The van der Waals surface area contributed by atoms with E-state index in [2.05, 4.69) is 29.4 Å². The molecule has 2 aromatic carbocycles. The molecule has 0 aliphatic carbocycles. The van der Waals surface area contributed by atoms with Crippen molar-refractivity contribution in [1.82, 2.24) is 20.0 Å². The van der Waals surface area contributed by atoms with E-state index in [0.717, 1.165) is 16.8 Å². The minimum atomic E-state index is -0.413. The number of urea groups is 1. The number of rotatable bonds is 5. The van der Waals surface area contributed by atoms with Crippen molar-refractivity contribution in [3.8, 4) is 6.19 Å². The smallest absolute Gasteiger partial charge is 0.321 e. The van der Waals surface area contributed by atoms with Gasteiger partial charge in [0.2, 0.25) is 11.9 Å². The molecule has 1 atom stereocenters. The summed E-state index contributed by atoms with van der Waals surface area (Å²) < 4.78 is 13.6. The highest BCUT2D eigenvalue weighted by molar-refractivity contribution is 5.90. The van der Waals surface area contributed by atoms with Crippen molar-refractivity contribution in [2.24, 2.45) is 16.8 Å². The van der Waals surface area contributed by atoms with Gasteiger partial charge in [0.25, 0.3) is 0 Å². The first-order chi connectivity index (χ1) is 19.2. The van der Waals surface area contributed by atoms with Crippen molar-refractivity contribution in [3.63, 3.8) is 0 Å². The Morgan fingerprint density at radius 3 is 2.58 bits per heavy atom. The molecule has 0 aromatic heterocycles. The molecule has 0 radical (unpaired) electrons. The second-order valence-corrected chi connectivity index (χ2v) is 11.1. The number of piperazine rings is 1. The topological polar surface area (TPSA) is 104 Å². The SMILES string of the molecule is CC(C)CC(=O)N1CCc2c(cccc2N=C(NC#N)N2CCN(C(=O)Nc3cccc(F)c3)CC2C(C)C)C1. The number of aliphatic imine (C=N–C) groups is 1. The number of carbonyl (C=O) groups excluding carboxylic acids is 2. The van der Waals surface area contributed by atoms with Gasteiger partial charge in [0.15, 0.2) is 6.19 Å². The number of guanidine groups is 1. The summed E-state index contributed by atoms with van der Waals surface area (Å²) in [7, 11) is 0. The van der Waals surface area contributed by atoms with Crippen LogP contribution in [0.2, 0.25) is 0 Å². The summed E-state index contributed by atoms with van der Waals surface area (Å²) in [5.74, 6) is 0.662. The molecule has 2 aliphatic heterocycles. The maximum absolute atomic E-state index is 13.6. The summed E-state index contributed by atoms with van der Waals surface area (Å²) in [4.78, 5) is 36.2.